The van der Waals surface area contributed by atoms with Gasteiger partial charge in [0.1, 0.15) is 0 Å². The normalized spacial score (nSPS) is 36.5. The molecule has 1 unspecified atom stereocenters. The molecule has 217 valence electrons. The summed E-state index contributed by atoms with van der Waals surface area (Å²) in [7, 11) is 0. The summed E-state index contributed by atoms with van der Waals surface area (Å²) in [6, 6.07) is 9.52. The monoisotopic (exact) mass is 608 g/mol. The molecular formula is C36H50NO2Se. The minimum atomic E-state index is -0.357. The SMILES string of the molecule is CC(C)CCC[C@@H](C)[C@H]1CC[C@H]2[C@@H]3CC=C4C[C@H](OC(=O)c5cccc(C([Se])C#N)c5)CC[C@]4(C)[C@H]3CC[C@]12C. The van der Waals surface area contributed by atoms with Gasteiger partial charge in [0, 0.05) is 0 Å². The molecule has 9 atom stereocenters. The predicted molar refractivity (Wildman–Crippen MR) is 163 cm³/mol. The molecule has 1 aromatic rings. The molecule has 3 nitrogen and oxygen atoms in total. The fourth-order valence-electron chi connectivity index (χ4n) is 9.88. The van der Waals surface area contributed by atoms with Gasteiger partial charge in [0.25, 0.3) is 0 Å². The first-order valence-electron chi connectivity index (χ1n) is 16.1. The van der Waals surface area contributed by atoms with E-state index in [4.69, 9.17) is 4.74 Å². The molecule has 0 bridgehead atoms. The van der Waals surface area contributed by atoms with Gasteiger partial charge in [0.05, 0.1) is 0 Å². The Morgan fingerprint density at radius 2 is 1.90 bits per heavy atom. The van der Waals surface area contributed by atoms with Crippen LogP contribution in [0.15, 0.2) is 35.9 Å². The van der Waals surface area contributed by atoms with E-state index in [9.17, 15) is 10.1 Å². The average molecular weight is 608 g/mol. The number of nitrogens with zero attached hydrogens (tertiary/aromatic N) is 1. The summed E-state index contributed by atoms with van der Waals surface area (Å²) in [4.78, 5) is 12.7. The van der Waals surface area contributed by atoms with Crippen LogP contribution in [0, 0.1) is 57.7 Å². The molecule has 0 aliphatic heterocycles. The fraction of sp³-hybridized carbons (Fsp3) is 0.722. The standard InChI is InChI=1S/C36H50NO2Se/c1-23(2)8-6-9-24(3)30-14-15-31-29-13-12-27-21-28(16-18-35(27,4)32(29)17-19-36(30,31)5)39-34(38)26-11-7-10-25(20-26)33(40)22-37/h7,10-12,20,23-24,28-33H,6,8-9,13-19,21H2,1-5H3/t24-,28-,29+,30-,31+,32+,33?,35+,36-/m1/s1. The molecule has 4 heteroatoms. The van der Waals surface area contributed by atoms with E-state index < -0.39 is 0 Å². The van der Waals surface area contributed by atoms with Crippen LogP contribution in [0.4, 0.5) is 0 Å². The molecular weight excluding hydrogens is 557 g/mol. The van der Waals surface area contributed by atoms with E-state index in [1.54, 1.807) is 17.7 Å². The van der Waals surface area contributed by atoms with Crippen LogP contribution in [0.1, 0.15) is 126 Å². The van der Waals surface area contributed by atoms with Crippen molar-refractivity contribution in [3.05, 3.63) is 47.0 Å². The third kappa shape index (κ3) is 5.60. The maximum atomic E-state index is 13.1. The molecule has 1 radical (unpaired) electrons. The molecule has 3 fully saturated rings. The molecule has 4 aliphatic rings. The number of benzene rings is 1. The zero-order valence-corrected chi connectivity index (χ0v) is 27.2. The number of ether oxygens (including phenoxy) is 1. The Hall–Kier alpha value is -1.56. The first-order valence-corrected chi connectivity index (χ1v) is 17.1. The average Bonchev–Trinajstić information content (AvgIpc) is 3.30. The van der Waals surface area contributed by atoms with Gasteiger partial charge in [0.2, 0.25) is 0 Å². The van der Waals surface area contributed by atoms with Crippen molar-refractivity contribution in [1.82, 2.24) is 0 Å². The number of hydrogen-bond acceptors (Lipinski definition) is 3. The van der Waals surface area contributed by atoms with Gasteiger partial charge in [0.15, 0.2) is 0 Å². The van der Waals surface area contributed by atoms with Crippen molar-refractivity contribution in [1.29, 1.82) is 5.26 Å². The van der Waals surface area contributed by atoms with Crippen LogP contribution in [-0.2, 0) is 4.74 Å². The Morgan fingerprint density at radius 3 is 2.65 bits per heavy atom. The van der Waals surface area contributed by atoms with Crippen molar-refractivity contribution in [2.45, 2.75) is 116 Å². The molecule has 4 aliphatic carbocycles. The molecule has 3 saturated carbocycles. The quantitative estimate of drug-likeness (QED) is 0.168. The Balaban J connectivity index is 1.24. The number of allylic oxidation sites excluding steroid dienone is 1. The molecule has 1 aromatic carbocycles. The van der Waals surface area contributed by atoms with Crippen molar-refractivity contribution in [2.75, 3.05) is 0 Å². The van der Waals surface area contributed by atoms with E-state index >= 15 is 0 Å². The Labute approximate surface area is 251 Å². The van der Waals surface area contributed by atoms with Crippen LogP contribution in [0.5, 0.6) is 0 Å². The Kier molecular flexibility index (Phi) is 8.95. The Bertz CT molecular complexity index is 1150. The zero-order valence-electron chi connectivity index (χ0n) is 25.5. The van der Waals surface area contributed by atoms with Crippen LogP contribution < -0.4 is 0 Å². The number of carbonyl (C=O) groups excluding carboxylic acids is 1. The summed E-state index contributed by atoms with van der Waals surface area (Å²) in [5.41, 5.74) is 3.69. The van der Waals surface area contributed by atoms with Gasteiger partial charge in [-0.05, 0) is 48.3 Å². The van der Waals surface area contributed by atoms with Gasteiger partial charge in [-0.2, -0.15) is 0 Å². The van der Waals surface area contributed by atoms with Crippen LogP contribution >= 0.6 is 0 Å². The summed E-state index contributed by atoms with van der Waals surface area (Å²) >= 11 is 2.86. The molecule has 5 rings (SSSR count). The summed E-state index contributed by atoms with van der Waals surface area (Å²) < 4.78 is 6.08. The van der Waals surface area contributed by atoms with Crippen LogP contribution in [0.2, 0.25) is 0 Å². The first-order chi connectivity index (χ1) is 19.1. The van der Waals surface area contributed by atoms with Crippen molar-refractivity contribution in [2.24, 2.45) is 46.3 Å². The number of rotatable bonds is 8. The molecule has 0 saturated heterocycles. The summed E-state index contributed by atoms with van der Waals surface area (Å²) in [5.74, 6) is 4.77. The summed E-state index contributed by atoms with van der Waals surface area (Å²) in [6.45, 7) is 12.5. The summed E-state index contributed by atoms with van der Waals surface area (Å²) in [5, 5.41) is 9.24. The molecule has 0 heterocycles. The Morgan fingerprint density at radius 1 is 1.10 bits per heavy atom. The predicted octanol–water partition coefficient (Wildman–Crippen LogP) is 8.99. The zero-order chi connectivity index (χ0) is 28.7. The topological polar surface area (TPSA) is 50.1 Å². The second kappa shape index (κ2) is 12.0. The number of esters is 1. The molecule has 0 spiro atoms. The molecule has 0 amide bonds. The maximum absolute atomic E-state index is 13.1. The van der Waals surface area contributed by atoms with Crippen molar-refractivity contribution < 1.29 is 9.53 Å². The number of fused-ring (bicyclic) bond motifs is 5. The van der Waals surface area contributed by atoms with E-state index in [1.165, 1.54) is 51.4 Å². The van der Waals surface area contributed by atoms with Crippen LogP contribution in [-0.4, -0.2) is 28.1 Å². The minimum Gasteiger partial charge on any atom is -0.0591 e. The van der Waals surface area contributed by atoms with Gasteiger partial charge in [-0.15, -0.1) is 0 Å². The first kappa shape index (κ1) is 29.9. The van der Waals surface area contributed by atoms with Crippen LogP contribution in [0.25, 0.3) is 0 Å². The second-order valence-electron chi connectivity index (χ2n) is 14.7. The van der Waals surface area contributed by atoms with E-state index in [-0.39, 0.29) is 22.3 Å². The van der Waals surface area contributed by atoms with E-state index in [0.717, 1.165) is 60.3 Å². The van der Waals surface area contributed by atoms with Gasteiger partial charge in [-0.1, -0.05) is 47.0 Å². The third-order valence-electron chi connectivity index (χ3n) is 12.1. The number of nitriles is 1. The number of carbonyl (C=O) groups is 1. The van der Waals surface area contributed by atoms with E-state index in [0.29, 0.717) is 11.0 Å². The van der Waals surface area contributed by atoms with Crippen LogP contribution in [0.3, 0.4) is 0 Å². The molecule has 0 N–H and O–H groups in total. The van der Waals surface area contributed by atoms with Crippen molar-refractivity contribution in [3.8, 4) is 6.07 Å². The van der Waals surface area contributed by atoms with E-state index in [2.05, 4.69) is 62.8 Å². The van der Waals surface area contributed by atoms with Gasteiger partial charge >= 0.3 is 157 Å². The van der Waals surface area contributed by atoms with Crippen molar-refractivity contribution >= 4 is 22.0 Å². The molecule has 0 aromatic heterocycles. The van der Waals surface area contributed by atoms with Gasteiger partial charge < -0.3 is 0 Å². The van der Waals surface area contributed by atoms with E-state index in [1.807, 2.05) is 12.1 Å². The summed E-state index contributed by atoms with van der Waals surface area (Å²) in [6.07, 6.45) is 16.5. The second-order valence-corrected chi connectivity index (χ2v) is 15.7. The van der Waals surface area contributed by atoms with Gasteiger partial charge in [-0.25, -0.2) is 0 Å². The minimum absolute atomic E-state index is 0.0524. The molecule has 40 heavy (non-hydrogen) atoms. The van der Waals surface area contributed by atoms with Crippen molar-refractivity contribution in [3.63, 3.8) is 0 Å². The third-order valence-corrected chi connectivity index (χ3v) is 12.9. The number of hydrogen-bond donors (Lipinski definition) is 0. The smallest absolute Gasteiger partial charge is 0.0591 e. The van der Waals surface area contributed by atoms with Gasteiger partial charge in [-0.3, -0.25) is 0 Å². The fourth-order valence-corrected chi connectivity index (χ4v) is 10.2.